The van der Waals surface area contributed by atoms with Crippen LogP contribution in [0.3, 0.4) is 0 Å². The number of nitro groups is 1. The number of aliphatic hydroxyl groups is 1. The highest BCUT2D eigenvalue weighted by Gasteiger charge is 2.17. The van der Waals surface area contributed by atoms with E-state index in [4.69, 9.17) is 9.84 Å². The van der Waals surface area contributed by atoms with Crippen molar-refractivity contribution in [1.82, 2.24) is 0 Å². The van der Waals surface area contributed by atoms with Gasteiger partial charge in [0, 0.05) is 0 Å². The Bertz CT molecular complexity index is 296. The third kappa shape index (κ3) is 2.16. The predicted octanol–water partition coefficient (Wildman–Crippen LogP) is 0.963. The summed E-state index contributed by atoms with van der Waals surface area (Å²) in [6.45, 7) is 0. The fourth-order valence-electron chi connectivity index (χ4n) is 0.898. The molecule has 1 unspecified atom stereocenters. The van der Waals surface area contributed by atoms with E-state index >= 15 is 0 Å². The lowest BCUT2D eigenvalue weighted by atomic mass is 10.2. The number of methoxy groups -OCH3 is 1. The first kappa shape index (κ1) is 9.47. The Morgan fingerprint density at radius 3 is 2.38 bits per heavy atom. The van der Waals surface area contributed by atoms with Gasteiger partial charge >= 0.3 is 6.23 Å². The van der Waals surface area contributed by atoms with Gasteiger partial charge in [-0.25, -0.2) is 0 Å². The molecule has 0 radical (unpaired) electrons. The second-order valence-corrected chi connectivity index (χ2v) is 2.43. The molecule has 0 aliphatic heterocycles. The third-order valence-corrected chi connectivity index (χ3v) is 1.61. The number of hydrogen-bond acceptors (Lipinski definition) is 4. The molecular formula is C8H9NO4. The molecule has 1 N–H and O–H groups in total. The number of hydrogen-bond donors (Lipinski definition) is 1. The van der Waals surface area contributed by atoms with Gasteiger partial charge in [-0.15, -0.1) is 0 Å². The van der Waals surface area contributed by atoms with Gasteiger partial charge in [0.25, 0.3) is 0 Å². The van der Waals surface area contributed by atoms with Crippen LogP contribution in [-0.2, 0) is 0 Å². The standard InChI is InChI=1S/C8H9NO4/c1-13-7-4-2-6(3-5-7)8(10)9(11)12/h2-5,8,10H,1H3. The van der Waals surface area contributed by atoms with E-state index in [0.717, 1.165) is 0 Å². The number of benzene rings is 1. The predicted molar refractivity (Wildman–Crippen MR) is 44.9 cm³/mol. The van der Waals surface area contributed by atoms with E-state index in [1.807, 2.05) is 0 Å². The summed E-state index contributed by atoms with van der Waals surface area (Å²) in [6.07, 6.45) is -1.66. The molecule has 5 heteroatoms. The van der Waals surface area contributed by atoms with Gasteiger partial charge in [0.1, 0.15) is 5.75 Å². The maximum absolute atomic E-state index is 10.2. The first-order valence-corrected chi connectivity index (χ1v) is 3.60. The third-order valence-electron chi connectivity index (χ3n) is 1.61. The van der Waals surface area contributed by atoms with Gasteiger partial charge < -0.3 is 9.84 Å². The van der Waals surface area contributed by atoms with Crippen LogP contribution in [0.2, 0.25) is 0 Å². The molecular weight excluding hydrogens is 174 g/mol. The average molecular weight is 183 g/mol. The van der Waals surface area contributed by atoms with E-state index in [2.05, 4.69) is 0 Å². The van der Waals surface area contributed by atoms with Crippen LogP contribution < -0.4 is 4.74 Å². The van der Waals surface area contributed by atoms with Crippen molar-refractivity contribution in [2.75, 3.05) is 7.11 Å². The van der Waals surface area contributed by atoms with Crippen molar-refractivity contribution >= 4 is 0 Å². The van der Waals surface area contributed by atoms with Crippen LogP contribution in [-0.4, -0.2) is 17.1 Å². The van der Waals surface area contributed by atoms with Crippen LogP contribution in [0.5, 0.6) is 5.75 Å². The Balaban J connectivity index is 2.85. The van der Waals surface area contributed by atoms with Crippen molar-refractivity contribution in [3.05, 3.63) is 39.9 Å². The van der Waals surface area contributed by atoms with Gasteiger partial charge in [-0.2, -0.15) is 0 Å². The highest BCUT2D eigenvalue weighted by Crippen LogP contribution is 2.17. The Morgan fingerprint density at radius 1 is 1.46 bits per heavy atom. The molecule has 0 saturated carbocycles. The van der Waals surface area contributed by atoms with Gasteiger partial charge in [0.05, 0.1) is 17.6 Å². The summed E-state index contributed by atoms with van der Waals surface area (Å²) in [5.74, 6) is 0.597. The molecule has 0 spiro atoms. The SMILES string of the molecule is COc1ccc(C(O)[N+](=O)[O-])cc1. The minimum atomic E-state index is -1.66. The van der Waals surface area contributed by atoms with Gasteiger partial charge in [-0.05, 0) is 24.3 Å². The molecule has 0 aliphatic rings. The molecule has 0 amide bonds. The fourth-order valence-corrected chi connectivity index (χ4v) is 0.898. The molecule has 0 aliphatic carbocycles. The van der Waals surface area contributed by atoms with Gasteiger partial charge in [-0.1, -0.05) is 0 Å². The molecule has 1 aromatic carbocycles. The van der Waals surface area contributed by atoms with Crippen molar-refractivity contribution in [1.29, 1.82) is 0 Å². The van der Waals surface area contributed by atoms with Crippen LogP contribution in [0, 0.1) is 10.1 Å². The van der Waals surface area contributed by atoms with Crippen molar-refractivity contribution in [2.45, 2.75) is 6.23 Å². The Morgan fingerprint density at radius 2 is 2.00 bits per heavy atom. The molecule has 0 bridgehead atoms. The second kappa shape index (κ2) is 3.86. The maximum Gasteiger partial charge on any atom is 0.339 e. The smallest absolute Gasteiger partial charge is 0.339 e. The normalized spacial score (nSPS) is 12.2. The lowest BCUT2D eigenvalue weighted by molar-refractivity contribution is -0.578. The fraction of sp³-hybridized carbons (Fsp3) is 0.250. The van der Waals surface area contributed by atoms with Gasteiger partial charge in [0.2, 0.25) is 0 Å². The van der Waals surface area contributed by atoms with Crippen LogP contribution in [0.4, 0.5) is 0 Å². The molecule has 5 nitrogen and oxygen atoms in total. The first-order chi connectivity index (χ1) is 6.15. The number of aliphatic hydroxyl groups excluding tert-OH is 1. The summed E-state index contributed by atoms with van der Waals surface area (Å²) in [5, 5.41) is 19.2. The van der Waals surface area contributed by atoms with Crippen LogP contribution >= 0.6 is 0 Å². The van der Waals surface area contributed by atoms with Crippen molar-refractivity contribution < 1.29 is 14.8 Å². The van der Waals surface area contributed by atoms with Crippen LogP contribution in [0.1, 0.15) is 11.8 Å². The van der Waals surface area contributed by atoms with E-state index in [9.17, 15) is 10.1 Å². The quantitative estimate of drug-likeness (QED) is 0.430. The molecule has 1 aromatic rings. The summed E-state index contributed by atoms with van der Waals surface area (Å²) in [5.41, 5.74) is 0.241. The Labute approximate surface area is 74.7 Å². The van der Waals surface area contributed by atoms with E-state index in [0.29, 0.717) is 5.75 Å². The summed E-state index contributed by atoms with van der Waals surface area (Å²) >= 11 is 0. The van der Waals surface area contributed by atoms with E-state index < -0.39 is 11.2 Å². The largest absolute Gasteiger partial charge is 0.497 e. The monoisotopic (exact) mass is 183 g/mol. The molecule has 0 saturated heterocycles. The molecule has 1 rings (SSSR count). The highest BCUT2D eigenvalue weighted by molar-refractivity contribution is 5.27. The number of ether oxygens (including phenoxy) is 1. The maximum atomic E-state index is 10.2. The minimum absolute atomic E-state index is 0.241. The molecule has 13 heavy (non-hydrogen) atoms. The van der Waals surface area contributed by atoms with Crippen molar-refractivity contribution in [3.8, 4) is 5.75 Å². The first-order valence-electron chi connectivity index (χ1n) is 3.60. The average Bonchev–Trinajstić information content (AvgIpc) is 2.17. The van der Waals surface area contributed by atoms with Crippen molar-refractivity contribution in [2.24, 2.45) is 0 Å². The molecule has 0 heterocycles. The lowest BCUT2D eigenvalue weighted by Crippen LogP contribution is -2.08. The molecule has 0 fully saturated rings. The zero-order valence-electron chi connectivity index (χ0n) is 7.01. The van der Waals surface area contributed by atoms with Crippen LogP contribution in [0.25, 0.3) is 0 Å². The highest BCUT2D eigenvalue weighted by atomic mass is 16.7. The Hall–Kier alpha value is -1.62. The topological polar surface area (TPSA) is 72.6 Å². The Kier molecular flexibility index (Phi) is 2.81. The van der Waals surface area contributed by atoms with E-state index in [1.165, 1.54) is 19.2 Å². The van der Waals surface area contributed by atoms with Crippen LogP contribution in [0.15, 0.2) is 24.3 Å². The summed E-state index contributed by atoms with van der Waals surface area (Å²) in [7, 11) is 1.50. The molecule has 0 aromatic heterocycles. The zero-order chi connectivity index (χ0) is 9.84. The van der Waals surface area contributed by atoms with Gasteiger partial charge in [-0.3, -0.25) is 10.1 Å². The summed E-state index contributed by atoms with van der Waals surface area (Å²) in [4.78, 5) is 9.42. The lowest BCUT2D eigenvalue weighted by Gasteiger charge is -2.03. The zero-order valence-corrected chi connectivity index (χ0v) is 7.01. The van der Waals surface area contributed by atoms with E-state index in [1.54, 1.807) is 12.1 Å². The summed E-state index contributed by atoms with van der Waals surface area (Å²) < 4.78 is 4.86. The molecule has 70 valence electrons. The number of nitrogens with zero attached hydrogens (tertiary/aromatic N) is 1. The minimum Gasteiger partial charge on any atom is -0.497 e. The molecule has 1 atom stereocenters. The van der Waals surface area contributed by atoms with Crippen molar-refractivity contribution in [3.63, 3.8) is 0 Å². The van der Waals surface area contributed by atoms with E-state index in [-0.39, 0.29) is 5.56 Å². The second-order valence-electron chi connectivity index (χ2n) is 2.43. The van der Waals surface area contributed by atoms with Gasteiger partial charge in [0.15, 0.2) is 0 Å². The summed E-state index contributed by atoms with van der Waals surface area (Å²) in [6, 6.07) is 6.02. The number of rotatable bonds is 3.